The molecule has 162 valence electrons. The van der Waals surface area contributed by atoms with E-state index in [-0.39, 0.29) is 17.7 Å². The number of thioether (sulfide) groups is 1. The number of para-hydroxylation sites is 1. The van der Waals surface area contributed by atoms with Gasteiger partial charge in [-0.25, -0.2) is 9.78 Å². The highest BCUT2D eigenvalue weighted by Crippen LogP contribution is 2.29. The Bertz CT molecular complexity index is 1130. The minimum absolute atomic E-state index is 0.0111. The van der Waals surface area contributed by atoms with Crippen molar-refractivity contribution in [3.63, 3.8) is 0 Å². The first kappa shape index (κ1) is 21.7. The molecule has 1 saturated heterocycles. The first-order chi connectivity index (χ1) is 15.1. The van der Waals surface area contributed by atoms with Crippen LogP contribution in [0.5, 0.6) is 0 Å². The van der Waals surface area contributed by atoms with Crippen molar-refractivity contribution in [3.8, 4) is 0 Å². The smallest absolute Gasteiger partial charge is 0.409 e. The molecule has 31 heavy (non-hydrogen) atoms. The van der Waals surface area contributed by atoms with Crippen LogP contribution in [-0.4, -0.2) is 40.2 Å². The SMILES string of the molecule is CCOC(=O)N1CCC(n2c(SCc3ccc(Cl)cc3)nc3ccccc3c2=O)CC1. The number of hydrogen-bond acceptors (Lipinski definition) is 5. The summed E-state index contributed by atoms with van der Waals surface area (Å²) in [6.07, 6.45) is 1.09. The molecule has 4 rings (SSSR count). The fourth-order valence-electron chi connectivity index (χ4n) is 3.80. The van der Waals surface area contributed by atoms with Gasteiger partial charge < -0.3 is 9.64 Å². The van der Waals surface area contributed by atoms with E-state index in [4.69, 9.17) is 21.3 Å². The van der Waals surface area contributed by atoms with Gasteiger partial charge in [-0.1, -0.05) is 47.6 Å². The van der Waals surface area contributed by atoms with E-state index < -0.39 is 0 Å². The van der Waals surface area contributed by atoms with Crippen LogP contribution in [0.4, 0.5) is 4.79 Å². The average molecular weight is 458 g/mol. The molecule has 6 nitrogen and oxygen atoms in total. The maximum absolute atomic E-state index is 13.4. The van der Waals surface area contributed by atoms with E-state index in [1.54, 1.807) is 23.6 Å². The molecule has 1 aliphatic rings. The Kier molecular flexibility index (Phi) is 6.83. The molecular formula is C23H24ClN3O3S. The van der Waals surface area contributed by atoms with E-state index in [1.165, 1.54) is 0 Å². The summed E-state index contributed by atoms with van der Waals surface area (Å²) in [6.45, 7) is 3.28. The predicted molar refractivity (Wildman–Crippen MR) is 124 cm³/mol. The Morgan fingerprint density at radius 1 is 1.16 bits per heavy atom. The minimum atomic E-state index is -0.290. The van der Waals surface area contributed by atoms with Crippen LogP contribution in [0.3, 0.4) is 0 Å². The molecule has 1 amide bonds. The highest BCUT2D eigenvalue weighted by molar-refractivity contribution is 7.98. The molecule has 3 aromatic rings. The van der Waals surface area contributed by atoms with Gasteiger partial charge in [0.1, 0.15) is 0 Å². The van der Waals surface area contributed by atoms with Crippen molar-refractivity contribution < 1.29 is 9.53 Å². The molecule has 2 heterocycles. The van der Waals surface area contributed by atoms with Crippen molar-refractivity contribution >= 4 is 40.4 Å². The number of piperidine rings is 1. The van der Waals surface area contributed by atoms with Gasteiger partial charge in [-0.2, -0.15) is 0 Å². The van der Waals surface area contributed by atoms with Gasteiger partial charge in [0.2, 0.25) is 0 Å². The fourth-order valence-corrected chi connectivity index (χ4v) is 4.95. The van der Waals surface area contributed by atoms with Gasteiger partial charge in [0.25, 0.3) is 5.56 Å². The third-order valence-corrected chi connectivity index (χ3v) is 6.69. The van der Waals surface area contributed by atoms with Gasteiger partial charge in [-0.15, -0.1) is 0 Å². The predicted octanol–water partition coefficient (Wildman–Crippen LogP) is 5.14. The zero-order valence-electron chi connectivity index (χ0n) is 17.3. The lowest BCUT2D eigenvalue weighted by molar-refractivity contribution is 0.0915. The average Bonchev–Trinajstić information content (AvgIpc) is 2.79. The quantitative estimate of drug-likeness (QED) is 0.392. The lowest BCUT2D eigenvalue weighted by atomic mass is 10.0. The van der Waals surface area contributed by atoms with Crippen LogP contribution >= 0.6 is 23.4 Å². The van der Waals surface area contributed by atoms with Gasteiger partial charge in [-0.3, -0.25) is 9.36 Å². The van der Waals surface area contributed by atoms with Crippen LogP contribution in [0, 0.1) is 0 Å². The summed E-state index contributed by atoms with van der Waals surface area (Å²) in [6, 6.07) is 15.1. The summed E-state index contributed by atoms with van der Waals surface area (Å²) < 4.78 is 6.94. The van der Waals surface area contributed by atoms with Crippen molar-refractivity contribution in [2.75, 3.05) is 19.7 Å². The number of aromatic nitrogens is 2. The number of amides is 1. The molecule has 1 aromatic heterocycles. The summed E-state index contributed by atoms with van der Waals surface area (Å²) in [5.74, 6) is 0.684. The lowest BCUT2D eigenvalue weighted by Gasteiger charge is -2.33. The molecule has 1 aliphatic heterocycles. The Morgan fingerprint density at radius 2 is 1.87 bits per heavy atom. The summed E-state index contributed by atoms with van der Waals surface area (Å²) in [4.78, 5) is 32.0. The van der Waals surface area contributed by atoms with E-state index in [0.29, 0.717) is 59.4 Å². The number of fused-ring (bicyclic) bond motifs is 1. The van der Waals surface area contributed by atoms with Crippen LogP contribution in [0.25, 0.3) is 10.9 Å². The monoisotopic (exact) mass is 457 g/mol. The van der Waals surface area contributed by atoms with E-state index >= 15 is 0 Å². The number of carbonyl (C=O) groups excluding carboxylic acids is 1. The summed E-state index contributed by atoms with van der Waals surface area (Å²) in [5, 5.41) is 2.02. The largest absolute Gasteiger partial charge is 0.450 e. The normalized spacial score (nSPS) is 14.7. The second kappa shape index (κ2) is 9.75. The van der Waals surface area contributed by atoms with Crippen molar-refractivity contribution in [1.29, 1.82) is 0 Å². The van der Waals surface area contributed by atoms with Crippen molar-refractivity contribution in [2.24, 2.45) is 0 Å². The number of likely N-dealkylation sites (tertiary alicyclic amines) is 1. The molecule has 0 spiro atoms. The van der Waals surface area contributed by atoms with E-state index in [2.05, 4.69) is 0 Å². The Morgan fingerprint density at radius 3 is 2.58 bits per heavy atom. The van der Waals surface area contributed by atoms with Crippen LogP contribution in [0.15, 0.2) is 58.5 Å². The Labute approximate surface area is 190 Å². The molecule has 0 unspecified atom stereocenters. The zero-order valence-corrected chi connectivity index (χ0v) is 18.9. The van der Waals surface area contributed by atoms with Crippen LogP contribution < -0.4 is 5.56 Å². The number of ether oxygens (including phenoxy) is 1. The molecule has 0 saturated carbocycles. The summed E-state index contributed by atoms with van der Waals surface area (Å²) >= 11 is 7.54. The zero-order chi connectivity index (χ0) is 21.8. The molecule has 8 heteroatoms. The lowest BCUT2D eigenvalue weighted by Crippen LogP contribution is -2.41. The highest BCUT2D eigenvalue weighted by Gasteiger charge is 2.27. The summed E-state index contributed by atoms with van der Waals surface area (Å²) in [7, 11) is 0. The third kappa shape index (κ3) is 4.88. The third-order valence-electron chi connectivity index (χ3n) is 5.41. The molecule has 0 bridgehead atoms. The van der Waals surface area contributed by atoms with Gasteiger partial charge in [0, 0.05) is 29.9 Å². The maximum atomic E-state index is 13.4. The molecule has 0 N–H and O–H groups in total. The summed E-state index contributed by atoms with van der Waals surface area (Å²) in [5.41, 5.74) is 1.78. The molecule has 1 fully saturated rings. The van der Waals surface area contributed by atoms with Gasteiger partial charge in [0.15, 0.2) is 5.16 Å². The molecule has 0 atom stereocenters. The molecule has 0 radical (unpaired) electrons. The fraction of sp³-hybridized carbons (Fsp3) is 0.348. The second-order valence-corrected chi connectivity index (χ2v) is 8.80. The van der Waals surface area contributed by atoms with Gasteiger partial charge >= 0.3 is 6.09 Å². The van der Waals surface area contributed by atoms with Crippen LogP contribution in [0.2, 0.25) is 5.02 Å². The first-order valence-electron chi connectivity index (χ1n) is 10.4. The van der Waals surface area contributed by atoms with Crippen LogP contribution in [-0.2, 0) is 10.5 Å². The Hall–Kier alpha value is -2.51. The number of rotatable bonds is 5. The second-order valence-electron chi connectivity index (χ2n) is 7.42. The van der Waals surface area contributed by atoms with Crippen LogP contribution in [0.1, 0.15) is 31.4 Å². The number of halogens is 1. The van der Waals surface area contributed by atoms with E-state index in [0.717, 1.165) is 5.56 Å². The van der Waals surface area contributed by atoms with Gasteiger partial charge in [-0.05, 0) is 49.6 Å². The first-order valence-corrected chi connectivity index (χ1v) is 11.7. The van der Waals surface area contributed by atoms with Crippen molar-refractivity contribution in [3.05, 3.63) is 69.5 Å². The van der Waals surface area contributed by atoms with E-state index in [1.807, 2.05) is 53.1 Å². The van der Waals surface area contributed by atoms with Crippen molar-refractivity contribution in [1.82, 2.24) is 14.5 Å². The topological polar surface area (TPSA) is 64.4 Å². The number of nitrogens with zero attached hydrogens (tertiary/aromatic N) is 3. The van der Waals surface area contributed by atoms with Crippen molar-refractivity contribution in [2.45, 2.75) is 36.7 Å². The highest BCUT2D eigenvalue weighted by atomic mass is 35.5. The molecule has 2 aromatic carbocycles. The standard InChI is InChI=1S/C23H24ClN3O3S/c1-2-30-23(29)26-13-11-18(12-14-26)27-21(28)19-5-3-4-6-20(19)25-22(27)31-15-16-7-9-17(24)10-8-16/h3-10,18H,2,11-15H2,1H3. The number of hydrogen-bond donors (Lipinski definition) is 0. The minimum Gasteiger partial charge on any atom is -0.450 e. The molecular weight excluding hydrogens is 434 g/mol. The number of carbonyl (C=O) groups is 1. The van der Waals surface area contributed by atoms with Gasteiger partial charge in [0.05, 0.1) is 17.5 Å². The number of benzene rings is 2. The molecule has 0 aliphatic carbocycles. The Balaban J connectivity index is 1.62. The maximum Gasteiger partial charge on any atom is 0.409 e. The van der Waals surface area contributed by atoms with E-state index in [9.17, 15) is 9.59 Å².